The average molecular weight is 318 g/mol. The van der Waals surface area contributed by atoms with Gasteiger partial charge < -0.3 is 10.4 Å². The monoisotopic (exact) mass is 318 g/mol. The zero-order chi connectivity index (χ0) is 16.8. The molecule has 3 aromatic rings. The lowest BCUT2D eigenvalue weighted by atomic mass is 9.94. The van der Waals surface area contributed by atoms with E-state index in [4.69, 9.17) is 0 Å². The maximum absolute atomic E-state index is 10.8. The molecule has 0 aliphatic heterocycles. The van der Waals surface area contributed by atoms with Gasteiger partial charge in [0.15, 0.2) is 0 Å². The second-order valence-corrected chi connectivity index (χ2v) is 6.12. The normalized spacial score (nSPS) is 14.8. The number of nitrogens with one attached hydrogen (secondary N) is 1. The molecule has 2 unspecified atom stereocenters. The molecule has 2 aromatic carbocycles. The SMILES string of the molecule is CC(O)(CNC(c1ccccc1)c1ccccn1)c1ccccc1. The number of hydrogen-bond donors (Lipinski definition) is 2. The van der Waals surface area contributed by atoms with Gasteiger partial charge in [-0.2, -0.15) is 0 Å². The van der Waals surface area contributed by atoms with Gasteiger partial charge in [-0.05, 0) is 30.2 Å². The number of pyridine rings is 1. The highest BCUT2D eigenvalue weighted by molar-refractivity contribution is 5.28. The molecule has 24 heavy (non-hydrogen) atoms. The average Bonchev–Trinajstić information content (AvgIpc) is 2.64. The van der Waals surface area contributed by atoms with Crippen LogP contribution in [-0.4, -0.2) is 16.6 Å². The molecule has 0 bridgehead atoms. The summed E-state index contributed by atoms with van der Waals surface area (Å²) in [5.41, 5.74) is 2.00. The van der Waals surface area contributed by atoms with Crippen LogP contribution in [0.1, 0.15) is 29.8 Å². The van der Waals surface area contributed by atoms with Crippen molar-refractivity contribution in [3.05, 3.63) is 102 Å². The lowest BCUT2D eigenvalue weighted by molar-refractivity contribution is 0.0549. The quantitative estimate of drug-likeness (QED) is 0.729. The minimum Gasteiger partial charge on any atom is -0.384 e. The Morgan fingerprint density at radius 1 is 0.917 bits per heavy atom. The molecule has 0 aliphatic rings. The van der Waals surface area contributed by atoms with Crippen molar-refractivity contribution >= 4 is 0 Å². The molecule has 2 atom stereocenters. The molecular formula is C21H22N2O. The Labute approximate surface area is 143 Å². The maximum atomic E-state index is 10.8. The summed E-state index contributed by atoms with van der Waals surface area (Å²) in [6, 6.07) is 25.7. The zero-order valence-corrected chi connectivity index (χ0v) is 13.8. The van der Waals surface area contributed by atoms with Gasteiger partial charge in [0, 0.05) is 12.7 Å². The molecular weight excluding hydrogens is 296 g/mol. The topological polar surface area (TPSA) is 45.1 Å². The number of aliphatic hydroxyl groups is 1. The molecule has 0 amide bonds. The van der Waals surface area contributed by atoms with Crippen molar-refractivity contribution in [2.24, 2.45) is 0 Å². The first-order valence-electron chi connectivity index (χ1n) is 8.14. The van der Waals surface area contributed by atoms with Crippen LogP contribution in [0.25, 0.3) is 0 Å². The largest absolute Gasteiger partial charge is 0.384 e. The van der Waals surface area contributed by atoms with Gasteiger partial charge in [0.2, 0.25) is 0 Å². The van der Waals surface area contributed by atoms with Crippen molar-refractivity contribution in [3.8, 4) is 0 Å². The minimum absolute atomic E-state index is 0.0670. The van der Waals surface area contributed by atoms with Gasteiger partial charge in [-0.3, -0.25) is 4.98 Å². The predicted octanol–water partition coefficient (Wildman–Crippen LogP) is 3.67. The Morgan fingerprint density at radius 3 is 2.17 bits per heavy atom. The first-order valence-corrected chi connectivity index (χ1v) is 8.14. The highest BCUT2D eigenvalue weighted by Gasteiger charge is 2.25. The van der Waals surface area contributed by atoms with E-state index in [-0.39, 0.29) is 6.04 Å². The Kier molecular flexibility index (Phi) is 5.04. The second kappa shape index (κ2) is 7.39. The number of aromatic nitrogens is 1. The van der Waals surface area contributed by atoms with E-state index in [1.807, 2.05) is 73.7 Å². The second-order valence-electron chi connectivity index (χ2n) is 6.12. The van der Waals surface area contributed by atoms with Gasteiger partial charge in [-0.25, -0.2) is 0 Å². The first-order chi connectivity index (χ1) is 11.7. The van der Waals surface area contributed by atoms with Gasteiger partial charge in [-0.15, -0.1) is 0 Å². The highest BCUT2D eigenvalue weighted by Crippen LogP contribution is 2.24. The molecule has 0 aliphatic carbocycles. The number of rotatable bonds is 6. The summed E-state index contributed by atoms with van der Waals surface area (Å²) in [5.74, 6) is 0. The molecule has 3 heteroatoms. The number of hydrogen-bond acceptors (Lipinski definition) is 3. The van der Waals surface area contributed by atoms with Crippen LogP contribution in [0.4, 0.5) is 0 Å². The summed E-state index contributed by atoms with van der Waals surface area (Å²) < 4.78 is 0. The van der Waals surface area contributed by atoms with E-state index in [0.717, 1.165) is 16.8 Å². The molecule has 0 saturated heterocycles. The Bertz CT molecular complexity index is 703. The van der Waals surface area contributed by atoms with Crippen LogP contribution in [0.3, 0.4) is 0 Å². The van der Waals surface area contributed by atoms with E-state index < -0.39 is 5.60 Å². The van der Waals surface area contributed by atoms with Crippen molar-refractivity contribution in [2.75, 3.05) is 6.54 Å². The van der Waals surface area contributed by atoms with E-state index >= 15 is 0 Å². The lowest BCUT2D eigenvalue weighted by Gasteiger charge is -2.28. The molecule has 3 rings (SSSR count). The van der Waals surface area contributed by atoms with Crippen LogP contribution < -0.4 is 5.32 Å². The van der Waals surface area contributed by atoms with Gasteiger partial charge in [0.05, 0.1) is 17.3 Å². The summed E-state index contributed by atoms with van der Waals surface area (Å²) in [5, 5.41) is 14.3. The maximum Gasteiger partial charge on any atom is 0.0992 e. The van der Waals surface area contributed by atoms with E-state index in [0.29, 0.717) is 6.54 Å². The third-order valence-electron chi connectivity index (χ3n) is 4.16. The molecule has 3 nitrogen and oxygen atoms in total. The third-order valence-corrected chi connectivity index (χ3v) is 4.16. The van der Waals surface area contributed by atoms with Gasteiger partial charge in [-0.1, -0.05) is 66.7 Å². The fourth-order valence-electron chi connectivity index (χ4n) is 2.79. The minimum atomic E-state index is -0.955. The molecule has 0 radical (unpaired) electrons. The van der Waals surface area contributed by atoms with Gasteiger partial charge in [0.1, 0.15) is 0 Å². The van der Waals surface area contributed by atoms with Crippen LogP contribution in [0.15, 0.2) is 85.1 Å². The van der Waals surface area contributed by atoms with Crippen LogP contribution >= 0.6 is 0 Å². The summed E-state index contributed by atoms with van der Waals surface area (Å²) in [4.78, 5) is 4.48. The van der Waals surface area contributed by atoms with Crippen molar-refractivity contribution < 1.29 is 5.11 Å². The number of nitrogens with zero attached hydrogens (tertiary/aromatic N) is 1. The van der Waals surface area contributed by atoms with Gasteiger partial charge >= 0.3 is 0 Å². The molecule has 2 N–H and O–H groups in total. The van der Waals surface area contributed by atoms with Crippen molar-refractivity contribution in [2.45, 2.75) is 18.6 Å². The molecule has 0 fully saturated rings. The standard InChI is InChI=1S/C21H22N2O/c1-21(24,18-12-6-3-7-13-18)16-23-20(17-10-4-2-5-11-17)19-14-8-9-15-22-19/h2-15,20,23-24H,16H2,1H3. The first kappa shape index (κ1) is 16.4. The van der Waals surface area contributed by atoms with Crippen LogP contribution in [0.5, 0.6) is 0 Å². The van der Waals surface area contributed by atoms with E-state index in [1.54, 1.807) is 6.20 Å². The van der Waals surface area contributed by atoms with Crippen molar-refractivity contribution in [1.29, 1.82) is 0 Å². The van der Waals surface area contributed by atoms with Crippen LogP contribution in [-0.2, 0) is 5.60 Å². The smallest absolute Gasteiger partial charge is 0.0992 e. The summed E-state index contributed by atoms with van der Waals surface area (Å²) >= 11 is 0. The predicted molar refractivity (Wildman–Crippen MR) is 96.5 cm³/mol. The Morgan fingerprint density at radius 2 is 1.54 bits per heavy atom. The molecule has 0 spiro atoms. The lowest BCUT2D eigenvalue weighted by Crippen LogP contribution is -2.38. The van der Waals surface area contributed by atoms with Gasteiger partial charge in [0.25, 0.3) is 0 Å². The summed E-state index contributed by atoms with van der Waals surface area (Å²) in [7, 11) is 0. The molecule has 1 aromatic heterocycles. The fraction of sp³-hybridized carbons (Fsp3) is 0.190. The molecule has 1 heterocycles. The molecule has 122 valence electrons. The van der Waals surface area contributed by atoms with E-state index in [9.17, 15) is 5.11 Å². The summed E-state index contributed by atoms with van der Waals surface area (Å²) in [6.45, 7) is 2.25. The van der Waals surface area contributed by atoms with Crippen LogP contribution in [0.2, 0.25) is 0 Å². The Hall–Kier alpha value is -2.49. The van der Waals surface area contributed by atoms with E-state index in [2.05, 4.69) is 22.4 Å². The Balaban J connectivity index is 1.83. The zero-order valence-electron chi connectivity index (χ0n) is 13.8. The van der Waals surface area contributed by atoms with Crippen LogP contribution in [0, 0.1) is 0 Å². The fourth-order valence-corrected chi connectivity index (χ4v) is 2.79. The molecule has 0 saturated carbocycles. The third kappa shape index (κ3) is 3.88. The van der Waals surface area contributed by atoms with Crippen molar-refractivity contribution in [3.63, 3.8) is 0 Å². The highest BCUT2D eigenvalue weighted by atomic mass is 16.3. The van der Waals surface area contributed by atoms with Crippen molar-refractivity contribution in [1.82, 2.24) is 10.3 Å². The van der Waals surface area contributed by atoms with E-state index in [1.165, 1.54) is 0 Å². The summed E-state index contributed by atoms with van der Waals surface area (Å²) in [6.07, 6.45) is 1.79. The number of benzene rings is 2.